The predicted octanol–water partition coefficient (Wildman–Crippen LogP) is 4.70. The van der Waals surface area contributed by atoms with E-state index >= 15 is 0 Å². The minimum absolute atomic E-state index is 0.205. The number of anilines is 1. The highest BCUT2D eigenvalue weighted by Gasteiger charge is 2.22. The lowest BCUT2D eigenvalue weighted by atomic mass is 9.98. The molecule has 4 heteroatoms. The van der Waals surface area contributed by atoms with Gasteiger partial charge in [-0.15, -0.1) is 11.3 Å². The number of fused-ring (bicyclic) bond motifs is 1. The minimum atomic E-state index is 0.205. The van der Waals surface area contributed by atoms with Crippen LogP contribution in [0.3, 0.4) is 0 Å². The molecule has 0 saturated carbocycles. The third-order valence-electron chi connectivity index (χ3n) is 4.02. The third-order valence-corrected chi connectivity index (χ3v) is 6.64. The number of carbonyl (C=O) groups is 1. The molecule has 1 aromatic heterocycles. The van der Waals surface area contributed by atoms with Crippen molar-refractivity contribution in [1.82, 2.24) is 0 Å². The fourth-order valence-corrected chi connectivity index (χ4v) is 4.40. The van der Waals surface area contributed by atoms with Crippen LogP contribution in [0.25, 0.3) is 0 Å². The Hall–Kier alpha value is -1.13. The van der Waals surface area contributed by atoms with Crippen LogP contribution in [0.15, 0.2) is 30.3 Å². The zero-order valence-corrected chi connectivity index (χ0v) is 14.6. The smallest absolute Gasteiger partial charge is 0.227 e. The van der Waals surface area contributed by atoms with Crippen LogP contribution >= 0.6 is 27.3 Å². The average Bonchev–Trinajstić information content (AvgIpc) is 2.99. The Morgan fingerprint density at radius 3 is 2.81 bits per heavy atom. The normalized spacial score (nSPS) is 16.0. The monoisotopic (exact) mass is 363 g/mol. The highest BCUT2D eigenvalue weighted by molar-refractivity contribution is 9.09. The Kier molecular flexibility index (Phi) is 4.18. The average molecular weight is 364 g/mol. The molecule has 3 rings (SSSR count). The maximum Gasteiger partial charge on any atom is 0.227 e. The van der Waals surface area contributed by atoms with E-state index in [2.05, 4.69) is 53.2 Å². The van der Waals surface area contributed by atoms with Crippen LogP contribution in [-0.2, 0) is 17.6 Å². The summed E-state index contributed by atoms with van der Waals surface area (Å²) in [4.78, 5) is 16.5. The molecule has 0 N–H and O–H groups in total. The molecule has 2 nitrogen and oxygen atoms in total. The summed E-state index contributed by atoms with van der Waals surface area (Å²) in [5, 5.41) is 0. The van der Waals surface area contributed by atoms with Crippen molar-refractivity contribution < 1.29 is 4.79 Å². The highest BCUT2D eigenvalue weighted by atomic mass is 79.9. The lowest BCUT2D eigenvalue weighted by Gasteiger charge is -2.26. The van der Waals surface area contributed by atoms with Crippen LogP contribution in [0, 0.1) is 0 Å². The summed E-state index contributed by atoms with van der Waals surface area (Å²) in [5.41, 5.74) is 3.59. The molecule has 110 valence electrons. The van der Waals surface area contributed by atoms with E-state index < -0.39 is 0 Å². The van der Waals surface area contributed by atoms with Gasteiger partial charge in [0.2, 0.25) is 5.91 Å². The van der Waals surface area contributed by atoms with E-state index in [1.165, 1.54) is 20.9 Å². The predicted molar refractivity (Wildman–Crippen MR) is 92.6 cm³/mol. The lowest BCUT2D eigenvalue weighted by molar-refractivity contribution is -0.118. The molecule has 0 aliphatic carbocycles. The summed E-state index contributed by atoms with van der Waals surface area (Å²) in [6, 6.07) is 10.9. The van der Waals surface area contributed by atoms with Crippen LogP contribution in [0.2, 0.25) is 0 Å². The van der Waals surface area contributed by atoms with Crippen LogP contribution in [-0.4, -0.2) is 13.0 Å². The molecule has 0 fully saturated rings. The van der Waals surface area contributed by atoms with E-state index in [0.29, 0.717) is 6.42 Å². The van der Waals surface area contributed by atoms with Gasteiger partial charge in [0.05, 0.1) is 4.83 Å². The van der Waals surface area contributed by atoms with E-state index in [4.69, 9.17) is 0 Å². The molecule has 21 heavy (non-hydrogen) atoms. The zero-order valence-electron chi connectivity index (χ0n) is 12.2. The SMILES string of the molecule is CCc1ccc(C(Br)c2ccc3c(c2)CCC(=O)N3C)s1. The van der Waals surface area contributed by atoms with Gasteiger partial charge in [-0.1, -0.05) is 35.0 Å². The number of rotatable bonds is 3. The number of aryl methyl sites for hydroxylation is 2. The van der Waals surface area contributed by atoms with Crippen molar-refractivity contribution in [2.45, 2.75) is 31.0 Å². The van der Waals surface area contributed by atoms with Crippen molar-refractivity contribution in [2.75, 3.05) is 11.9 Å². The third kappa shape index (κ3) is 2.79. The first kappa shape index (κ1) is 14.8. The van der Waals surface area contributed by atoms with Crippen molar-refractivity contribution in [3.8, 4) is 0 Å². The van der Waals surface area contributed by atoms with Crippen molar-refractivity contribution >= 4 is 38.9 Å². The van der Waals surface area contributed by atoms with E-state index in [9.17, 15) is 4.79 Å². The number of hydrogen-bond acceptors (Lipinski definition) is 2. The number of carbonyl (C=O) groups excluding carboxylic acids is 1. The summed E-state index contributed by atoms with van der Waals surface area (Å²) in [5.74, 6) is 0.205. The van der Waals surface area contributed by atoms with E-state index in [0.717, 1.165) is 18.5 Å². The maximum atomic E-state index is 11.8. The molecule has 1 amide bonds. The standard InChI is InChI=1S/C17H18BrNOS/c1-3-13-6-8-15(21-13)17(18)12-4-7-14-11(10-12)5-9-16(20)19(14)2/h4,6-8,10,17H,3,5,9H2,1-2H3. The Morgan fingerprint density at radius 1 is 1.29 bits per heavy atom. The van der Waals surface area contributed by atoms with Gasteiger partial charge < -0.3 is 4.90 Å². The summed E-state index contributed by atoms with van der Waals surface area (Å²) in [6.45, 7) is 2.19. The first-order valence-corrected chi connectivity index (χ1v) is 8.95. The van der Waals surface area contributed by atoms with Gasteiger partial charge in [-0.05, 0) is 42.2 Å². The first-order valence-electron chi connectivity index (χ1n) is 7.22. The fraction of sp³-hybridized carbons (Fsp3) is 0.353. The second-order valence-corrected chi connectivity index (χ2v) is 7.48. The fourth-order valence-electron chi connectivity index (χ4n) is 2.72. The van der Waals surface area contributed by atoms with Gasteiger partial charge in [0.25, 0.3) is 0 Å². The summed E-state index contributed by atoms with van der Waals surface area (Å²) < 4.78 is 0. The molecular formula is C17H18BrNOS. The van der Waals surface area contributed by atoms with Crippen LogP contribution in [0.5, 0.6) is 0 Å². The molecule has 1 atom stereocenters. The molecular weight excluding hydrogens is 346 g/mol. The number of halogens is 1. The van der Waals surface area contributed by atoms with Crippen LogP contribution in [0.1, 0.15) is 39.1 Å². The number of hydrogen-bond donors (Lipinski definition) is 0. The molecule has 1 unspecified atom stereocenters. The quantitative estimate of drug-likeness (QED) is 0.723. The number of nitrogens with zero attached hydrogens (tertiary/aromatic N) is 1. The number of thiophene rings is 1. The van der Waals surface area contributed by atoms with E-state index in [1.807, 2.05) is 18.4 Å². The molecule has 0 bridgehead atoms. The molecule has 1 aliphatic rings. The van der Waals surface area contributed by atoms with Crippen LogP contribution < -0.4 is 4.90 Å². The van der Waals surface area contributed by atoms with E-state index in [1.54, 1.807) is 4.90 Å². The molecule has 0 spiro atoms. The zero-order chi connectivity index (χ0) is 15.0. The lowest BCUT2D eigenvalue weighted by Crippen LogP contribution is -2.31. The Morgan fingerprint density at radius 2 is 2.10 bits per heavy atom. The largest absolute Gasteiger partial charge is 0.315 e. The Labute approximate surface area is 137 Å². The molecule has 2 heterocycles. The number of benzene rings is 1. The number of amides is 1. The van der Waals surface area contributed by atoms with Crippen LogP contribution in [0.4, 0.5) is 5.69 Å². The van der Waals surface area contributed by atoms with Gasteiger partial charge in [0, 0.05) is 28.9 Å². The first-order chi connectivity index (χ1) is 10.1. The van der Waals surface area contributed by atoms with Crippen molar-refractivity contribution in [3.63, 3.8) is 0 Å². The van der Waals surface area contributed by atoms with Gasteiger partial charge in [-0.25, -0.2) is 0 Å². The minimum Gasteiger partial charge on any atom is -0.315 e. The van der Waals surface area contributed by atoms with Gasteiger partial charge in [-0.3, -0.25) is 4.79 Å². The van der Waals surface area contributed by atoms with Gasteiger partial charge >= 0.3 is 0 Å². The molecule has 0 saturated heterocycles. The van der Waals surface area contributed by atoms with Gasteiger partial charge in [0.15, 0.2) is 0 Å². The summed E-state index contributed by atoms with van der Waals surface area (Å²) in [7, 11) is 1.86. The van der Waals surface area contributed by atoms with Gasteiger partial charge in [0.1, 0.15) is 0 Å². The summed E-state index contributed by atoms with van der Waals surface area (Å²) in [6.07, 6.45) is 2.54. The second-order valence-electron chi connectivity index (χ2n) is 5.36. The van der Waals surface area contributed by atoms with E-state index in [-0.39, 0.29) is 10.7 Å². The molecule has 1 aliphatic heterocycles. The van der Waals surface area contributed by atoms with Gasteiger partial charge in [-0.2, -0.15) is 0 Å². The Bertz CT molecular complexity index is 679. The number of alkyl halides is 1. The van der Waals surface area contributed by atoms with Crippen molar-refractivity contribution in [3.05, 3.63) is 51.2 Å². The molecule has 2 aromatic rings. The molecule has 1 aromatic carbocycles. The molecule has 0 radical (unpaired) electrons. The topological polar surface area (TPSA) is 20.3 Å². The second kappa shape index (κ2) is 5.93. The highest BCUT2D eigenvalue weighted by Crippen LogP contribution is 2.38. The maximum absolute atomic E-state index is 11.8. The van der Waals surface area contributed by atoms with Crippen molar-refractivity contribution in [1.29, 1.82) is 0 Å². The Balaban J connectivity index is 1.91. The van der Waals surface area contributed by atoms with Crippen molar-refractivity contribution in [2.24, 2.45) is 0 Å². The summed E-state index contributed by atoms with van der Waals surface area (Å²) >= 11 is 5.68.